The molecule has 2 aromatic carbocycles. The first-order chi connectivity index (χ1) is 15.8. The number of hydrogen-bond acceptors (Lipinski definition) is 8. The molecule has 2 amide bonds. The standard InChI is InChI=1S/C21H24N4O6S2/c26-20(14-32-12-16-4-1-6-18(10-16)24(28)29)22-8-3-9-23-21(27)15-33-13-17-5-2-7-19(11-17)25(30)31/h1-2,4-7,10-11H,3,8-9,12-15H2,(H,22,26)(H,23,27). The van der Waals surface area contributed by atoms with Gasteiger partial charge in [-0.1, -0.05) is 24.3 Å². The van der Waals surface area contributed by atoms with Gasteiger partial charge in [0.2, 0.25) is 11.8 Å². The molecule has 0 fully saturated rings. The summed E-state index contributed by atoms with van der Waals surface area (Å²) in [5.41, 5.74) is 1.63. The Morgan fingerprint density at radius 1 is 0.758 bits per heavy atom. The first kappa shape index (κ1) is 26.1. The van der Waals surface area contributed by atoms with Gasteiger partial charge < -0.3 is 10.6 Å². The van der Waals surface area contributed by atoms with E-state index in [0.29, 0.717) is 31.0 Å². The van der Waals surface area contributed by atoms with E-state index in [1.54, 1.807) is 24.3 Å². The van der Waals surface area contributed by atoms with Gasteiger partial charge in [-0.15, -0.1) is 23.5 Å². The molecule has 0 radical (unpaired) electrons. The number of nitro benzene ring substituents is 2. The summed E-state index contributed by atoms with van der Waals surface area (Å²) in [5, 5.41) is 27.1. The average Bonchev–Trinajstić information content (AvgIpc) is 2.79. The van der Waals surface area contributed by atoms with Crippen LogP contribution in [0, 0.1) is 20.2 Å². The summed E-state index contributed by atoms with van der Waals surface area (Å²) in [5.74, 6) is 1.21. The van der Waals surface area contributed by atoms with E-state index in [0.717, 1.165) is 11.1 Å². The van der Waals surface area contributed by atoms with Crippen LogP contribution in [0.15, 0.2) is 48.5 Å². The maximum absolute atomic E-state index is 11.9. The second kappa shape index (κ2) is 14.1. The number of carbonyl (C=O) groups is 2. The number of thioether (sulfide) groups is 2. The van der Waals surface area contributed by atoms with Crippen molar-refractivity contribution in [1.82, 2.24) is 10.6 Å². The molecule has 0 atom stereocenters. The number of amides is 2. The molecule has 0 heterocycles. The lowest BCUT2D eigenvalue weighted by molar-refractivity contribution is -0.385. The van der Waals surface area contributed by atoms with Crippen LogP contribution < -0.4 is 10.6 Å². The molecular formula is C21H24N4O6S2. The maximum atomic E-state index is 11.9. The second-order valence-electron chi connectivity index (χ2n) is 6.89. The van der Waals surface area contributed by atoms with E-state index in [4.69, 9.17) is 0 Å². The predicted molar refractivity (Wildman–Crippen MR) is 129 cm³/mol. The summed E-state index contributed by atoms with van der Waals surface area (Å²) >= 11 is 2.74. The molecule has 0 aromatic heterocycles. The number of carbonyl (C=O) groups excluding carboxylic acids is 2. The summed E-state index contributed by atoms with van der Waals surface area (Å²) in [6, 6.07) is 12.6. The van der Waals surface area contributed by atoms with Gasteiger partial charge in [0, 0.05) is 48.9 Å². The maximum Gasteiger partial charge on any atom is 0.269 e. The lowest BCUT2D eigenvalue weighted by atomic mass is 10.2. The second-order valence-corrected chi connectivity index (χ2v) is 8.86. The van der Waals surface area contributed by atoms with E-state index in [-0.39, 0.29) is 34.7 Å². The van der Waals surface area contributed by atoms with Gasteiger partial charge in [0.05, 0.1) is 21.4 Å². The molecule has 0 saturated heterocycles. The van der Waals surface area contributed by atoms with E-state index in [1.807, 2.05) is 0 Å². The van der Waals surface area contributed by atoms with Crippen molar-refractivity contribution < 1.29 is 19.4 Å². The highest BCUT2D eigenvalue weighted by atomic mass is 32.2. The largest absolute Gasteiger partial charge is 0.355 e. The minimum Gasteiger partial charge on any atom is -0.355 e. The van der Waals surface area contributed by atoms with E-state index in [1.165, 1.54) is 47.8 Å². The molecule has 176 valence electrons. The van der Waals surface area contributed by atoms with Crippen LogP contribution in [0.25, 0.3) is 0 Å². The SMILES string of the molecule is O=C(CSCc1cccc([N+](=O)[O-])c1)NCCCNC(=O)CSCc1cccc([N+](=O)[O-])c1. The van der Waals surface area contributed by atoms with Crippen LogP contribution in [-0.2, 0) is 21.1 Å². The van der Waals surface area contributed by atoms with Crippen LogP contribution in [0.1, 0.15) is 17.5 Å². The molecule has 12 heteroatoms. The Labute approximate surface area is 199 Å². The molecule has 0 aliphatic heterocycles. The number of nitrogens with zero attached hydrogens (tertiary/aromatic N) is 2. The highest BCUT2D eigenvalue weighted by Gasteiger charge is 2.08. The van der Waals surface area contributed by atoms with Gasteiger partial charge in [-0.3, -0.25) is 29.8 Å². The zero-order chi connectivity index (χ0) is 24.1. The molecule has 0 aliphatic carbocycles. The number of non-ortho nitro benzene ring substituents is 2. The van der Waals surface area contributed by atoms with Crippen LogP contribution in [-0.4, -0.2) is 46.3 Å². The van der Waals surface area contributed by atoms with Crippen molar-refractivity contribution in [2.75, 3.05) is 24.6 Å². The number of nitro groups is 2. The van der Waals surface area contributed by atoms with E-state index < -0.39 is 9.85 Å². The summed E-state index contributed by atoms with van der Waals surface area (Å²) in [6.07, 6.45) is 0.586. The molecule has 2 aromatic rings. The number of nitrogens with one attached hydrogen (secondary N) is 2. The Morgan fingerprint density at radius 2 is 1.18 bits per heavy atom. The van der Waals surface area contributed by atoms with Crippen molar-refractivity contribution in [3.8, 4) is 0 Å². The van der Waals surface area contributed by atoms with Crippen LogP contribution >= 0.6 is 23.5 Å². The van der Waals surface area contributed by atoms with E-state index in [9.17, 15) is 29.8 Å². The summed E-state index contributed by atoms with van der Waals surface area (Å²) in [6.45, 7) is 0.856. The lowest BCUT2D eigenvalue weighted by Gasteiger charge is -2.07. The van der Waals surface area contributed by atoms with Gasteiger partial charge in [0.1, 0.15) is 0 Å². The molecule has 2 rings (SSSR count). The van der Waals surface area contributed by atoms with Crippen molar-refractivity contribution >= 4 is 46.7 Å². The van der Waals surface area contributed by atoms with E-state index in [2.05, 4.69) is 10.6 Å². The van der Waals surface area contributed by atoms with Gasteiger partial charge >= 0.3 is 0 Å². The Morgan fingerprint density at radius 3 is 1.58 bits per heavy atom. The fraction of sp³-hybridized carbons (Fsp3) is 0.333. The van der Waals surface area contributed by atoms with Crippen LogP contribution in [0.4, 0.5) is 11.4 Å². The molecule has 2 N–H and O–H groups in total. The molecule has 10 nitrogen and oxygen atoms in total. The van der Waals surface area contributed by atoms with Gasteiger partial charge in [-0.05, 0) is 17.5 Å². The smallest absolute Gasteiger partial charge is 0.269 e. The van der Waals surface area contributed by atoms with Crippen molar-refractivity contribution in [1.29, 1.82) is 0 Å². The fourth-order valence-electron chi connectivity index (χ4n) is 2.69. The van der Waals surface area contributed by atoms with Crippen molar-refractivity contribution in [2.45, 2.75) is 17.9 Å². The Hall–Kier alpha value is -3.12. The summed E-state index contributed by atoms with van der Waals surface area (Å²) in [7, 11) is 0. The number of rotatable bonds is 14. The van der Waals surface area contributed by atoms with Crippen LogP contribution in [0.2, 0.25) is 0 Å². The third-order valence-corrected chi connectivity index (χ3v) is 6.25. The Balaban J connectivity index is 1.51. The zero-order valence-electron chi connectivity index (χ0n) is 17.7. The quantitative estimate of drug-likeness (QED) is 0.232. The van der Waals surface area contributed by atoms with Gasteiger partial charge in [0.25, 0.3) is 11.4 Å². The number of hydrogen-bond donors (Lipinski definition) is 2. The molecule has 33 heavy (non-hydrogen) atoms. The first-order valence-electron chi connectivity index (χ1n) is 10.0. The van der Waals surface area contributed by atoms with Crippen molar-refractivity contribution in [3.05, 3.63) is 79.9 Å². The summed E-state index contributed by atoms with van der Waals surface area (Å²) < 4.78 is 0. The highest BCUT2D eigenvalue weighted by Crippen LogP contribution is 2.19. The number of benzene rings is 2. The molecule has 0 aliphatic rings. The minimum absolute atomic E-state index is 0.0297. The normalized spacial score (nSPS) is 10.4. The highest BCUT2D eigenvalue weighted by molar-refractivity contribution is 7.99. The Bertz CT molecular complexity index is 911. The lowest BCUT2D eigenvalue weighted by Crippen LogP contribution is -2.31. The van der Waals surface area contributed by atoms with Crippen LogP contribution in [0.3, 0.4) is 0 Å². The molecular weight excluding hydrogens is 468 g/mol. The van der Waals surface area contributed by atoms with Gasteiger partial charge in [-0.25, -0.2) is 0 Å². The average molecular weight is 493 g/mol. The first-order valence-corrected chi connectivity index (χ1v) is 12.3. The predicted octanol–water partition coefficient (Wildman–Crippen LogP) is 3.29. The third kappa shape index (κ3) is 10.4. The van der Waals surface area contributed by atoms with Crippen LogP contribution in [0.5, 0.6) is 0 Å². The van der Waals surface area contributed by atoms with Gasteiger partial charge in [-0.2, -0.15) is 0 Å². The molecule has 0 bridgehead atoms. The third-order valence-electron chi connectivity index (χ3n) is 4.24. The monoisotopic (exact) mass is 492 g/mol. The van der Waals surface area contributed by atoms with Crippen molar-refractivity contribution in [2.24, 2.45) is 0 Å². The van der Waals surface area contributed by atoms with E-state index >= 15 is 0 Å². The fourth-order valence-corrected chi connectivity index (χ4v) is 4.30. The summed E-state index contributed by atoms with van der Waals surface area (Å²) in [4.78, 5) is 44.4. The molecule has 0 spiro atoms. The molecule has 0 saturated carbocycles. The van der Waals surface area contributed by atoms with Crippen molar-refractivity contribution in [3.63, 3.8) is 0 Å². The van der Waals surface area contributed by atoms with Gasteiger partial charge in [0.15, 0.2) is 0 Å². The minimum atomic E-state index is -0.449. The zero-order valence-corrected chi connectivity index (χ0v) is 19.4. The molecule has 0 unspecified atom stereocenters. The topological polar surface area (TPSA) is 144 Å². The Kier molecular flexibility index (Phi) is 11.2.